The third kappa shape index (κ3) is 4.49. The molecule has 0 radical (unpaired) electrons. The molecule has 2 N–H and O–H groups in total. The van der Waals surface area contributed by atoms with E-state index < -0.39 is 0 Å². The van der Waals surface area contributed by atoms with E-state index in [9.17, 15) is 0 Å². The highest BCUT2D eigenvalue weighted by molar-refractivity contribution is 5.24. The Morgan fingerprint density at radius 2 is 2.00 bits per heavy atom. The van der Waals surface area contributed by atoms with Crippen molar-refractivity contribution in [2.75, 3.05) is 6.54 Å². The molecule has 0 aliphatic carbocycles. The van der Waals surface area contributed by atoms with Gasteiger partial charge in [-0.15, -0.1) is 0 Å². The van der Waals surface area contributed by atoms with Crippen LogP contribution in [-0.4, -0.2) is 16.5 Å². The van der Waals surface area contributed by atoms with Crippen LogP contribution < -0.4 is 5.32 Å². The lowest BCUT2D eigenvalue weighted by atomic mass is 10.0. The normalized spacial score (nSPS) is 12.5. The van der Waals surface area contributed by atoms with Crippen LogP contribution in [0.25, 0.3) is 0 Å². The van der Waals surface area contributed by atoms with Gasteiger partial charge in [0.1, 0.15) is 5.82 Å². The van der Waals surface area contributed by atoms with Crippen molar-refractivity contribution in [2.24, 2.45) is 0 Å². The van der Waals surface area contributed by atoms with Crippen molar-refractivity contribution in [3.05, 3.63) is 53.6 Å². The molecule has 0 bridgehead atoms. The second-order valence-electron chi connectivity index (χ2n) is 5.31. The van der Waals surface area contributed by atoms with Gasteiger partial charge in [-0.05, 0) is 30.9 Å². The first-order valence-corrected chi connectivity index (χ1v) is 7.60. The Bertz CT molecular complexity index is 473. The number of unbranched alkanes of at least 4 members (excludes halogenated alkanes) is 1. The topological polar surface area (TPSA) is 40.7 Å². The first kappa shape index (κ1) is 14.8. The molecule has 0 amide bonds. The van der Waals surface area contributed by atoms with E-state index in [2.05, 4.69) is 53.4 Å². The molecule has 2 aromatic rings. The van der Waals surface area contributed by atoms with Gasteiger partial charge in [0.25, 0.3) is 0 Å². The molecule has 108 valence electrons. The highest BCUT2D eigenvalue weighted by Gasteiger charge is 2.05. The van der Waals surface area contributed by atoms with Crippen molar-refractivity contribution >= 4 is 0 Å². The quantitative estimate of drug-likeness (QED) is 0.769. The monoisotopic (exact) mass is 271 g/mol. The largest absolute Gasteiger partial charge is 0.349 e. The van der Waals surface area contributed by atoms with Gasteiger partial charge in [-0.2, -0.15) is 0 Å². The van der Waals surface area contributed by atoms with Crippen LogP contribution in [0, 0.1) is 0 Å². The summed E-state index contributed by atoms with van der Waals surface area (Å²) >= 11 is 0. The van der Waals surface area contributed by atoms with Gasteiger partial charge in [0.2, 0.25) is 0 Å². The Balaban J connectivity index is 1.78. The average molecular weight is 271 g/mol. The zero-order valence-corrected chi connectivity index (χ0v) is 12.5. The van der Waals surface area contributed by atoms with E-state index in [4.69, 9.17) is 0 Å². The van der Waals surface area contributed by atoms with E-state index in [0.29, 0.717) is 6.04 Å². The Morgan fingerprint density at radius 3 is 2.65 bits per heavy atom. The lowest BCUT2D eigenvalue weighted by molar-refractivity contribution is 0.571. The number of aryl methyl sites for hydroxylation is 1. The summed E-state index contributed by atoms with van der Waals surface area (Å²) in [5.74, 6) is 1.04. The van der Waals surface area contributed by atoms with Crippen LogP contribution in [0.5, 0.6) is 0 Å². The average Bonchev–Trinajstić information content (AvgIpc) is 2.99. The summed E-state index contributed by atoms with van der Waals surface area (Å²) in [5.41, 5.74) is 2.79. The minimum atomic E-state index is 0.380. The number of hydrogen-bond donors (Lipinski definition) is 2. The van der Waals surface area contributed by atoms with Crippen LogP contribution in [0.4, 0.5) is 0 Å². The van der Waals surface area contributed by atoms with Gasteiger partial charge in [-0.1, -0.05) is 37.6 Å². The van der Waals surface area contributed by atoms with Crippen molar-refractivity contribution in [2.45, 2.75) is 45.6 Å². The van der Waals surface area contributed by atoms with Crippen molar-refractivity contribution in [1.29, 1.82) is 0 Å². The molecule has 0 fully saturated rings. The zero-order valence-electron chi connectivity index (χ0n) is 12.5. The molecule has 1 aromatic carbocycles. The summed E-state index contributed by atoms with van der Waals surface area (Å²) in [7, 11) is 0. The van der Waals surface area contributed by atoms with Gasteiger partial charge in [-0.25, -0.2) is 4.98 Å². The zero-order chi connectivity index (χ0) is 14.2. The SMILES string of the molecule is CCCCc1ccc(C(C)NCCc2ncc[nH]2)cc1. The van der Waals surface area contributed by atoms with Gasteiger partial charge in [-0.3, -0.25) is 0 Å². The van der Waals surface area contributed by atoms with Gasteiger partial charge in [0.05, 0.1) is 0 Å². The van der Waals surface area contributed by atoms with Crippen LogP contribution in [0.3, 0.4) is 0 Å². The van der Waals surface area contributed by atoms with E-state index in [1.165, 1.54) is 30.4 Å². The minimum Gasteiger partial charge on any atom is -0.349 e. The molecule has 1 unspecified atom stereocenters. The second kappa shape index (κ2) is 7.85. The van der Waals surface area contributed by atoms with Crippen molar-refractivity contribution in [3.63, 3.8) is 0 Å². The number of benzene rings is 1. The van der Waals surface area contributed by atoms with Crippen molar-refractivity contribution in [3.8, 4) is 0 Å². The lowest BCUT2D eigenvalue weighted by Crippen LogP contribution is -2.21. The van der Waals surface area contributed by atoms with Gasteiger partial charge < -0.3 is 10.3 Å². The number of aromatic nitrogens is 2. The summed E-state index contributed by atoms with van der Waals surface area (Å²) in [5, 5.41) is 3.54. The number of H-pyrrole nitrogens is 1. The molecule has 1 aromatic heterocycles. The second-order valence-corrected chi connectivity index (χ2v) is 5.31. The van der Waals surface area contributed by atoms with Crippen molar-refractivity contribution < 1.29 is 0 Å². The fourth-order valence-corrected chi connectivity index (χ4v) is 2.31. The molecule has 0 saturated carbocycles. The number of hydrogen-bond acceptors (Lipinski definition) is 2. The molecule has 20 heavy (non-hydrogen) atoms. The molecule has 0 spiro atoms. The van der Waals surface area contributed by atoms with Crippen LogP contribution in [0.1, 0.15) is 49.7 Å². The molecular formula is C17H25N3. The maximum absolute atomic E-state index is 4.23. The highest BCUT2D eigenvalue weighted by Crippen LogP contribution is 2.14. The number of nitrogens with zero attached hydrogens (tertiary/aromatic N) is 1. The van der Waals surface area contributed by atoms with Crippen LogP contribution in [0.2, 0.25) is 0 Å². The first-order valence-electron chi connectivity index (χ1n) is 7.60. The van der Waals surface area contributed by atoms with Crippen LogP contribution in [-0.2, 0) is 12.8 Å². The Labute approximate surface area is 121 Å². The number of aromatic amines is 1. The highest BCUT2D eigenvalue weighted by atomic mass is 14.9. The standard InChI is InChI=1S/C17H25N3/c1-3-4-5-15-6-8-16(9-7-15)14(2)18-11-10-17-19-12-13-20-17/h6-9,12-14,18H,3-5,10-11H2,1-2H3,(H,19,20). The Morgan fingerprint density at radius 1 is 1.20 bits per heavy atom. The molecule has 1 heterocycles. The van der Waals surface area contributed by atoms with E-state index in [0.717, 1.165) is 18.8 Å². The molecular weight excluding hydrogens is 246 g/mol. The minimum absolute atomic E-state index is 0.380. The number of nitrogens with one attached hydrogen (secondary N) is 2. The summed E-state index contributed by atoms with van der Waals surface area (Å²) in [6, 6.07) is 9.39. The number of imidazole rings is 1. The Hall–Kier alpha value is -1.61. The summed E-state index contributed by atoms with van der Waals surface area (Å²) in [6.45, 7) is 5.38. The lowest BCUT2D eigenvalue weighted by Gasteiger charge is -2.14. The Kier molecular flexibility index (Phi) is 5.81. The van der Waals surface area contributed by atoms with Gasteiger partial charge in [0.15, 0.2) is 0 Å². The summed E-state index contributed by atoms with van der Waals surface area (Å²) < 4.78 is 0. The van der Waals surface area contributed by atoms with Crippen molar-refractivity contribution in [1.82, 2.24) is 15.3 Å². The molecule has 0 aliphatic rings. The molecule has 3 nitrogen and oxygen atoms in total. The fourth-order valence-electron chi connectivity index (χ4n) is 2.31. The molecule has 0 saturated heterocycles. The maximum Gasteiger partial charge on any atom is 0.107 e. The summed E-state index contributed by atoms with van der Waals surface area (Å²) in [4.78, 5) is 7.36. The third-order valence-corrected chi connectivity index (χ3v) is 3.67. The predicted molar refractivity (Wildman–Crippen MR) is 83.8 cm³/mol. The fraction of sp³-hybridized carbons (Fsp3) is 0.471. The van der Waals surface area contributed by atoms with E-state index in [1.54, 1.807) is 6.20 Å². The molecule has 2 rings (SSSR count). The smallest absolute Gasteiger partial charge is 0.107 e. The third-order valence-electron chi connectivity index (χ3n) is 3.67. The molecule has 0 aliphatic heterocycles. The predicted octanol–water partition coefficient (Wildman–Crippen LogP) is 3.65. The first-order chi connectivity index (χ1) is 9.79. The molecule has 3 heteroatoms. The van der Waals surface area contributed by atoms with Gasteiger partial charge in [0, 0.05) is 31.4 Å². The number of rotatable bonds is 8. The van der Waals surface area contributed by atoms with E-state index >= 15 is 0 Å². The van der Waals surface area contributed by atoms with Crippen LogP contribution in [0.15, 0.2) is 36.7 Å². The maximum atomic E-state index is 4.23. The molecule has 1 atom stereocenters. The van der Waals surface area contributed by atoms with Crippen LogP contribution >= 0.6 is 0 Å². The van der Waals surface area contributed by atoms with Gasteiger partial charge >= 0.3 is 0 Å². The van der Waals surface area contributed by atoms with E-state index in [-0.39, 0.29) is 0 Å². The summed E-state index contributed by atoms with van der Waals surface area (Å²) in [6.07, 6.45) is 8.33. The van der Waals surface area contributed by atoms with E-state index in [1.807, 2.05) is 6.20 Å².